The largest absolute Gasteiger partial charge is 0.472 e. The Bertz CT molecular complexity index is 393. The lowest BCUT2D eigenvalue weighted by Crippen LogP contribution is -1.81. The lowest BCUT2D eigenvalue weighted by Gasteiger charge is -1.88. The number of rotatable bonds is 2. The molecule has 0 aromatic carbocycles. The molecule has 0 bridgehead atoms. The number of hydrogen-bond donors (Lipinski definition) is 1. The Labute approximate surface area is 82.3 Å². The molecule has 5 heteroatoms. The van der Waals surface area contributed by atoms with Gasteiger partial charge in [-0.25, -0.2) is 0 Å². The fourth-order valence-electron chi connectivity index (χ4n) is 0.983. The van der Waals surface area contributed by atoms with Crippen LogP contribution in [0.5, 0.6) is 0 Å². The number of halogens is 1. The number of nitrogens with zero attached hydrogens (tertiary/aromatic N) is 1. The summed E-state index contributed by atoms with van der Waals surface area (Å²) >= 11 is 3.27. The van der Waals surface area contributed by atoms with Gasteiger partial charge >= 0.3 is 0 Å². The minimum Gasteiger partial charge on any atom is -0.472 e. The maximum absolute atomic E-state index is 8.85. The fraction of sp³-hybridized carbons (Fsp3) is 0.125. The van der Waals surface area contributed by atoms with Gasteiger partial charge in [0.2, 0.25) is 0 Å². The third-order valence-corrected chi connectivity index (χ3v) is 2.45. The summed E-state index contributed by atoms with van der Waals surface area (Å²) in [5.41, 5.74) is 1.27. The third kappa shape index (κ3) is 1.40. The zero-order valence-electron chi connectivity index (χ0n) is 6.53. The van der Waals surface area contributed by atoms with Crippen LogP contribution in [-0.4, -0.2) is 10.3 Å². The molecule has 0 amide bonds. The lowest BCUT2D eigenvalue weighted by atomic mass is 10.2. The van der Waals surface area contributed by atoms with Crippen molar-refractivity contribution >= 4 is 15.9 Å². The number of aliphatic hydroxyl groups excluding tert-OH is 1. The van der Waals surface area contributed by atoms with Crippen molar-refractivity contribution in [3.63, 3.8) is 0 Å². The van der Waals surface area contributed by atoms with Crippen LogP contribution in [0.3, 0.4) is 0 Å². The van der Waals surface area contributed by atoms with E-state index in [2.05, 4.69) is 21.1 Å². The Morgan fingerprint density at radius 1 is 1.54 bits per heavy atom. The van der Waals surface area contributed by atoms with Gasteiger partial charge < -0.3 is 14.0 Å². The van der Waals surface area contributed by atoms with Crippen LogP contribution in [0.15, 0.2) is 32.0 Å². The number of furan rings is 1. The smallest absolute Gasteiger partial charge is 0.184 e. The van der Waals surface area contributed by atoms with Gasteiger partial charge in [-0.3, -0.25) is 0 Å². The summed E-state index contributed by atoms with van der Waals surface area (Å²) in [4.78, 5) is 0. The van der Waals surface area contributed by atoms with E-state index >= 15 is 0 Å². The summed E-state index contributed by atoms with van der Waals surface area (Å²) < 4.78 is 10.6. The molecular formula is C8H6BrNO3. The van der Waals surface area contributed by atoms with E-state index in [4.69, 9.17) is 14.0 Å². The summed E-state index contributed by atoms with van der Waals surface area (Å²) in [7, 11) is 0. The van der Waals surface area contributed by atoms with Crippen LogP contribution < -0.4 is 0 Å². The zero-order valence-corrected chi connectivity index (χ0v) is 8.11. The average molecular weight is 244 g/mol. The molecule has 0 saturated heterocycles. The Hall–Kier alpha value is -1.07. The van der Waals surface area contributed by atoms with Crippen molar-refractivity contribution in [2.24, 2.45) is 0 Å². The van der Waals surface area contributed by atoms with Crippen LogP contribution >= 0.6 is 15.9 Å². The minimum absolute atomic E-state index is 0.151. The molecule has 2 rings (SSSR count). The van der Waals surface area contributed by atoms with Gasteiger partial charge in [0.1, 0.15) is 12.0 Å². The van der Waals surface area contributed by atoms with E-state index in [-0.39, 0.29) is 6.61 Å². The minimum atomic E-state index is -0.151. The molecule has 13 heavy (non-hydrogen) atoms. The van der Waals surface area contributed by atoms with E-state index in [0.717, 1.165) is 5.56 Å². The topological polar surface area (TPSA) is 59.4 Å². The summed E-state index contributed by atoms with van der Waals surface area (Å²) in [6.45, 7) is -0.151. The van der Waals surface area contributed by atoms with Gasteiger partial charge in [-0.1, -0.05) is 5.16 Å². The molecule has 0 fully saturated rings. The second-order valence-electron chi connectivity index (χ2n) is 2.44. The van der Waals surface area contributed by atoms with Gasteiger partial charge in [0.15, 0.2) is 5.76 Å². The predicted molar refractivity (Wildman–Crippen MR) is 47.8 cm³/mol. The molecule has 4 nitrogen and oxygen atoms in total. The van der Waals surface area contributed by atoms with Gasteiger partial charge in [0.05, 0.1) is 22.9 Å². The van der Waals surface area contributed by atoms with E-state index in [1.54, 1.807) is 18.6 Å². The van der Waals surface area contributed by atoms with Crippen LogP contribution in [0, 0.1) is 0 Å². The van der Waals surface area contributed by atoms with Crippen molar-refractivity contribution in [2.75, 3.05) is 0 Å². The zero-order chi connectivity index (χ0) is 9.26. The Kier molecular flexibility index (Phi) is 2.20. The third-order valence-electron chi connectivity index (χ3n) is 1.63. The van der Waals surface area contributed by atoms with E-state index in [1.807, 2.05) is 0 Å². The number of aliphatic hydroxyl groups is 1. The van der Waals surface area contributed by atoms with Gasteiger partial charge in [0, 0.05) is 0 Å². The van der Waals surface area contributed by atoms with E-state index in [9.17, 15) is 0 Å². The molecule has 0 aliphatic rings. The molecule has 1 N–H and O–H groups in total. The molecule has 0 saturated carbocycles. The summed E-state index contributed by atoms with van der Waals surface area (Å²) in [6, 6.07) is 1.76. The summed E-state index contributed by atoms with van der Waals surface area (Å²) in [5, 5.41) is 12.5. The molecule has 0 aliphatic carbocycles. The van der Waals surface area contributed by atoms with Crippen LogP contribution in [0.25, 0.3) is 11.3 Å². The quantitative estimate of drug-likeness (QED) is 0.879. The normalized spacial score (nSPS) is 10.6. The van der Waals surface area contributed by atoms with Crippen molar-refractivity contribution in [1.29, 1.82) is 0 Å². The molecule has 68 valence electrons. The fourth-order valence-corrected chi connectivity index (χ4v) is 1.48. The molecule has 2 aromatic heterocycles. The maximum atomic E-state index is 8.85. The molecule has 0 aliphatic heterocycles. The highest BCUT2D eigenvalue weighted by Crippen LogP contribution is 2.31. The first kappa shape index (κ1) is 8.52. The first-order chi connectivity index (χ1) is 6.33. The molecule has 0 atom stereocenters. The SMILES string of the molecule is OCc1noc(-c2ccoc2)c1Br. The lowest BCUT2D eigenvalue weighted by molar-refractivity contribution is 0.266. The molecule has 2 heterocycles. The van der Waals surface area contributed by atoms with Gasteiger partial charge in [-0.15, -0.1) is 0 Å². The number of aromatic nitrogens is 1. The van der Waals surface area contributed by atoms with E-state index < -0.39 is 0 Å². The van der Waals surface area contributed by atoms with Crippen molar-refractivity contribution in [2.45, 2.75) is 6.61 Å². The molecule has 0 radical (unpaired) electrons. The molecule has 0 spiro atoms. The van der Waals surface area contributed by atoms with Crippen molar-refractivity contribution in [1.82, 2.24) is 5.16 Å². The van der Waals surface area contributed by atoms with Gasteiger partial charge in [-0.05, 0) is 22.0 Å². The van der Waals surface area contributed by atoms with E-state index in [0.29, 0.717) is 15.9 Å². The molecule has 0 unspecified atom stereocenters. The van der Waals surface area contributed by atoms with Crippen molar-refractivity contribution in [3.05, 3.63) is 28.8 Å². The Balaban J connectivity index is 2.48. The van der Waals surface area contributed by atoms with E-state index in [1.165, 1.54) is 0 Å². The van der Waals surface area contributed by atoms with Crippen molar-refractivity contribution < 1.29 is 14.0 Å². The van der Waals surface area contributed by atoms with Crippen LogP contribution in [0.4, 0.5) is 0 Å². The van der Waals surface area contributed by atoms with Crippen LogP contribution in [0.1, 0.15) is 5.69 Å². The highest BCUT2D eigenvalue weighted by atomic mass is 79.9. The monoisotopic (exact) mass is 243 g/mol. The number of hydrogen-bond acceptors (Lipinski definition) is 4. The molecule has 2 aromatic rings. The first-order valence-electron chi connectivity index (χ1n) is 3.60. The maximum Gasteiger partial charge on any atom is 0.184 e. The standard InChI is InChI=1S/C8H6BrNO3/c9-7-6(3-11)10-13-8(7)5-1-2-12-4-5/h1-2,4,11H,3H2. The van der Waals surface area contributed by atoms with Crippen LogP contribution in [0.2, 0.25) is 0 Å². The van der Waals surface area contributed by atoms with Gasteiger partial charge in [-0.2, -0.15) is 0 Å². The highest BCUT2D eigenvalue weighted by molar-refractivity contribution is 9.10. The Morgan fingerprint density at radius 2 is 2.38 bits per heavy atom. The average Bonchev–Trinajstić information content (AvgIpc) is 2.72. The van der Waals surface area contributed by atoms with Crippen LogP contribution in [-0.2, 0) is 6.61 Å². The molecular weight excluding hydrogens is 238 g/mol. The predicted octanol–water partition coefficient (Wildman–Crippen LogP) is 2.19. The van der Waals surface area contributed by atoms with Gasteiger partial charge in [0.25, 0.3) is 0 Å². The summed E-state index contributed by atoms with van der Waals surface area (Å²) in [5.74, 6) is 0.567. The Morgan fingerprint density at radius 3 is 2.92 bits per heavy atom. The second kappa shape index (κ2) is 3.35. The highest BCUT2D eigenvalue weighted by Gasteiger charge is 2.14. The first-order valence-corrected chi connectivity index (χ1v) is 4.39. The second-order valence-corrected chi connectivity index (χ2v) is 3.24. The summed E-state index contributed by atoms with van der Waals surface area (Å²) in [6.07, 6.45) is 3.09. The van der Waals surface area contributed by atoms with Crippen molar-refractivity contribution in [3.8, 4) is 11.3 Å².